The maximum Gasteiger partial charge on any atom is 0.145 e. The van der Waals surface area contributed by atoms with Gasteiger partial charge in [-0.15, -0.1) is 0 Å². The number of nitrogens with one attached hydrogen (secondary N) is 1. The molecule has 4 heterocycles. The molecule has 4 aromatic rings. The number of aliphatic hydroxyl groups is 2. The van der Waals surface area contributed by atoms with Crippen LogP contribution in [-0.4, -0.2) is 55.1 Å². The van der Waals surface area contributed by atoms with Crippen molar-refractivity contribution in [3.63, 3.8) is 0 Å². The number of hydrogen-bond acceptors (Lipinski definition) is 8. The molecule has 1 saturated heterocycles. The van der Waals surface area contributed by atoms with E-state index >= 15 is 0 Å². The molecule has 2 fully saturated rings. The van der Waals surface area contributed by atoms with Crippen molar-refractivity contribution in [2.45, 2.75) is 50.5 Å². The van der Waals surface area contributed by atoms with Crippen molar-refractivity contribution in [3.8, 4) is 0 Å². The number of benzene rings is 1. The molecule has 5 unspecified atom stereocenters. The number of aliphatic hydroxyl groups excluding tert-OH is 2. The van der Waals surface area contributed by atoms with Gasteiger partial charge < -0.3 is 30.6 Å². The lowest BCUT2D eigenvalue weighted by molar-refractivity contribution is -0.0309. The molecule has 0 amide bonds. The molecule has 1 aliphatic heterocycles. The number of aromatic nitrogens is 4. The molecule has 10 heteroatoms. The van der Waals surface area contributed by atoms with E-state index in [0.29, 0.717) is 25.3 Å². The van der Waals surface area contributed by atoms with E-state index in [-0.39, 0.29) is 12.1 Å². The Morgan fingerprint density at radius 1 is 1.22 bits per heavy atom. The van der Waals surface area contributed by atoms with E-state index in [1.807, 2.05) is 41.1 Å². The van der Waals surface area contributed by atoms with E-state index in [2.05, 4.69) is 43.1 Å². The van der Waals surface area contributed by atoms with Crippen molar-refractivity contribution in [2.24, 2.45) is 5.41 Å². The Bertz CT molecular complexity index is 1440. The number of hydrogen-bond donors (Lipinski definition) is 4. The van der Waals surface area contributed by atoms with E-state index in [9.17, 15) is 10.2 Å². The third-order valence-corrected chi connectivity index (χ3v) is 8.36. The summed E-state index contributed by atoms with van der Waals surface area (Å²) in [7, 11) is 0. The van der Waals surface area contributed by atoms with E-state index in [1.54, 1.807) is 0 Å². The van der Waals surface area contributed by atoms with Crippen molar-refractivity contribution < 1.29 is 14.9 Å². The van der Waals surface area contributed by atoms with Gasteiger partial charge in [0.05, 0.1) is 40.2 Å². The number of rotatable bonds is 5. The Morgan fingerprint density at radius 3 is 2.92 bits per heavy atom. The lowest BCUT2D eigenvalue weighted by Gasteiger charge is -2.26. The van der Waals surface area contributed by atoms with Gasteiger partial charge in [0.2, 0.25) is 0 Å². The highest BCUT2D eigenvalue weighted by molar-refractivity contribution is 9.10. The first-order valence-corrected chi connectivity index (χ1v) is 13.1. The van der Waals surface area contributed by atoms with Gasteiger partial charge in [-0.25, -0.2) is 15.0 Å². The van der Waals surface area contributed by atoms with E-state index in [4.69, 9.17) is 10.5 Å². The minimum Gasteiger partial charge on any atom is -0.390 e. The molecule has 1 spiro atoms. The molecule has 0 bridgehead atoms. The zero-order valence-electron chi connectivity index (χ0n) is 19.9. The summed E-state index contributed by atoms with van der Waals surface area (Å²) < 4.78 is 8.98. The van der Waals surface area contributed by atoms with Gasteiger partial charge >= 0.3 is 0 Å². The SMILES string of the molecule is CCCNc1ncnc2c1ccn2C1CC2(COC(c3ccc4cc(Br)c(N)nc4c3)C2)C(O)C1O. The Labute approximate surface area is 216 Å². The van der Waals surface area contributed by atoms with Gasteiger partial charge in [0.25, 0.3) is 0 Å². The number of halogens is 1. The average molecular weight is 553 g/mol. The Kier molecular flexibility index (Phi) is 5.87. The summed E-state index contributed by atoms with van der Waals surface area (Å²) in [6, 6.07) is 9.65. The van der Waals surface area contributed by atoms with Crippen LogP contribution in [-0.2, 0) is 4.74 Å². The van der Waals surface area contributed by atoms with Crippen LogP contribution in [0.25, 0.3) is 21.9 Å². The fourth-order valence-electron chi connectivity index (χ4n) is 5.81. The number of fused-ring (bicyclic) bond motifs is 2. The normalized spacial score (nSPS) is 28.0. The second kappa shape index (κ2) is 8.95. The van der Waals surface area contributed by atoms with Crippen LogP contribution in [0.2, 0.25) is 0 Å². The average Bonchev–Trinajstić information content (AvgIpc) is 3.57. The van der Waals surface area contributed by atoms with Crippen LogP contribution in [0.15, 0.2) is 47.3 Å². The third-order valence-electron chi connectivity index (χ3n) is 7.73. The van der Waals surface area contributed by atoms with Crippen molar-refractivity contribution in [2.75, 3.05) is 24.2 Å². The van der Waals surface area contributed by atoms with Gasteiger partial charge in [0.15, 0.2) is 0 Å². The second-order valence-electron chi connectivity index (χ2n) is 9.99. The number of nitrogens with two attached hydrogens (primary N) is 1. The minimum atomic E-state index is -0.930. The lowest BCUT2D eigenvalue weighted by atomic mass is 9.80. The van der Waals surface area contributed by atoms with E-state index < -0.39 is 17.6 Å². The highest BCUT2D eigenvalue weighted by atomic mass is 79.9. The van der Waals surface area contributed by atoms with Gasteiger partial charge in [-0.05, 0) is 59.0 Å². The van der Waals surface area contributed by atoms with Crippen LogP contribution in [0.5, 0.6) is 0 Å². The molecule has 6 rings (SSSR count). The monoisotopic (exact) mass is 552 g/mol. The summed E-state index contributed by atoms with van der Waals surface area (Å²) in [5.74, 6) is 1.22. The number of pyridine rings is 1. The van der Waals surface area contributed by atoms with Gasteiger partial charge in [-0.2, -0.15) is 0 Å². The molecule has 188 valence electrons. The molecule has 2 aliphatic rings. The smallest absolute Gasteiger partial charge is 0.145 e. The molecular formula is C26H29BrN6O3. The Morgan fingerprint density at radius 2 is 2.08 bits per heavy atom. The molecule has 0 radical (unpaired) electrons. The molecule has 5 N–H and O–H groups in total. The van der Waals surface area contributed by atoms with Gasteiger partial charge in [-0.1, -0.05) is 19.1 Å². The largest absolute Gasteiger partial charge is 0.390 e. The molecule has 5 atom stereocenters. The molecule has 9 nitrogen and oxygen atoms in total. The fourth-order valence-corrected chi connectivity index (χ4v) is 6.14. The van der Waals surface area contributed by atoms with Crippen LogP contribution in [0.3, 0.4) is 0 Å². The molecule has 1 saturated carbocycles. The van der Waals surface area contributed by atoms with Crippen molar-refractivity contribution >= 4 is 49.5 Å². The third kappa shape index (κ3) is 3.75. The van der Waals surface area contributed by atoms with Gasteiger partial charge in [0.1, 0.15) is 29.7 Å². The molecular weight excluding hydrogens is 524 g/mol. The minimum absolute atomic E-state index is 0.199. The highest BCUT2D eigenvalue weighted by Gasteiger charge is 2.57. The molecule has 1 aliphatic carbocycles. The Hall–Kier alpha value is -2.79. The first kappa shape index (κ1) is 23.6. The summed E-state index contributed by atoms with van der Waals surface area (Å²) in [4.78, 5) is 13.4. The summed E-state index contributed by atoms with van der Waals surface area (Å²) in [6.45, 7) is 3.29. The standard InChI is InChI=1S/C26H29BrN6O3/c1-2-6-29-24-16-5-7-33(25(16)31-13-30-24)19-10-26(22(35)21(19)34)11-20(36-12-26)15-4-3-14-8-17(27)23(28)32-18(14)9-15/h3-5,7-9,13,19-22,34-35H,2,6,10-12H2,1H3,(H2,28,32)(H,29,30,31). The van der Waals surface area contributed by atoms with Crippen molar-refractivity contribution in [3.05, 3.63) is 52.9 Å². The topological polar surface area (TPSA) is 131 Å². The summed E-state index contributed by atoms with van der Waals surface area (Å²) in [5, 5.41) is 27.6. The summed E-state index contributed by atoms with van der Waals surface area (Å²) >= 11 is 3.43. The van der Waals surface area contributed by atoms with Crippen LogP contribution in [0.4, 0.5) is 11.6 Å². The zero-order valence-corrected chi connectivity index (χ0v) is 21.5. The number of nitrogens with zero attached hydrogens (tertiary/aromatic N) is 4. The molecule has 3 aromatic heterocycles. The highest BCUT2D eigenvalue weighted by Crippen LogP contribution is 2.55. The lowest BCUT2D eigenvalue weighted by Crippen LogP contribution is -2.37. The molecule has 36 heavy (non-hydrogen) atoms. The van der Waals surface area contributed by atoms with Crippen LogP contribution in [0, 0.1) is 5.41 Å². The predicted octanol–water partition coefficient (Wildman–Crippen LogP) is 3.96. The number of nitrogen functional groups attached to an aromatic ring is 1. The zero-order chi connectivity index (χ0) is 25.0. The quantitative estimate of drug-likeness (QED) is 0.292. The van der Waals surface area contributed by atoms with Crippen LogP contribution in [0.1, 0.15) is 43.9 Å². The maximum atomic E-state index is 11.2. The summed E-state index contributed by atoms with van der Waals surface area (Å²) in [5.41, 5.74) is 7.97. The summed E-state index contributed by atoms with van der Waals surface area (Å²) in [6.07, 6.45) is 3.62. The van der Waals surface area contributed by atoms with Gasteiger partial charge in [0, 0.05) is 23.5 Å². The second-order valence-corrected chi connectivity index (χ2v) is 10.8. The Balaban J connectivity index is 1.27. The van der Waals surface area contributed by atoms with Crippen LogP contribution < -0.4 is 11.1 Å². The molecule has 1 aromatic carbocycles. The predicted molar refractivity (Wildman–Crippen MR) is 142 cm³/mol. The van der Waals surface area contributed by atoms with Crippen molar-refractivity contribution in [1.82, 2.24) is 19.5 Å². The first-order valence-electron chi connectivity index (χ1n) is 12.3. The number of ether oxygens (including phenoxy) is 1. The number of anilines is 2. The fraction of sp³-hybridized carbons (Fsp3) is 0.423. The van der Waals surface area contributed by atoms with Crippen LogP contribution >= 0.6 is 15.9 Å². The van der Waals surface area contributed by atoms with E-state index in [0.717, 1.165) is 50.8 Å². The maximum absolute atomic E-state index is 11.2. The first-order chi connectivity index (χ1) is 17.4. The van der Waals surface area contributed by atoms with E-state index in [1.165, 1.54) is 6.33 Å². The van der Waals surface area contributed by atoms with Gasteiger partial charge in [-0.3, -0.25) is 0 Å². The van der Waals surface area contributed by atoms with Crippen molar-refractivity contribution in [1.29, 1.82) is 0 Å².